The molecule has 182 valence electrons. The number of amides is 2. The van der Waals surface area contributed by atoms with Gasteiger partial charge in [0.05, 0.1) is 6.33 Å². The van der Waals surface area contributed by atoms with Crippen LogP contribution in [0.1, 0.15) is 36.6 Å². The fourth-order valence-electron chi connectivity index (χ4n) is 4.38. The first-order valence-electron chi connectivity index (χ1n) is 11.5. The highest BCUT2D eigenvalue weighted by Crippen LogP contribution is 2.44. The summed E-state index contributed by atoms with van der Waals surface area (Å²) in [7, 11) is 0. The van der Waals surface area contributed by atoms with Crippen molar-refractivity contribution in [3.05, 3.63) is 77.9 Å². The Morgan fingerprint density at radius 3 is 2.20 bits per heavy atom. The summed E-state index contributed by atoms with van der Waals surface area (Å²) in [6.07, 6.45) is 2.24. The van der Waals surface area contributed by atoms with Gasteiger partial charge in [0.1, 0.15) is 18.7 Å². The van der Waals surface area contributed by atoms with E-state index in [1.807, 2.05) is 36.4 Å². The molecule has 9 heteroatoms. The number of imidazole rings is 1. The number of ether oxygens (including phenoxy) is 1. The Morgan fingerprint density at radius 1 is 1.03 bits per heavy atom. The Kier molecular flexibility index (Phi) is 7.14. The first kappa shape index (κ1) is 24.0. The molecule has 1 aromatic heterocycles. The van der Waals surface area contributed by atoms with Crippen molar-refractivity contribution in [2.45, 2.75) is 38.3 Å². The largest absolute Gasteiger partial charge is 0.480 e. The number of carboxylic acids is 1. The molecule has 0 aliphatic heterocycles. The summed E-state index contributed by atoms with van der Waals surface area (Å²) in [6.45, 7) is 3.64. The SMILES string of the molecule is CC(C)[C@@H](NC(=O)OCC1c2ccccc2-c2ccccc21)C(=O)N[C@@H](Cc1cnc[nH]1)C(=O)O. The van der Waals surface area contributed by atoms with E-state index in [-0.39, 0.29) is 24.9 Å². The van der Waals surface area contributed by atoms with Gasteiger partial charge in [-0.3, -0.25) is 4.79 Å². The van der Waals surface area contributed by atoms with Gasteiger partial charge in [0.2, 0.25) is 5.91 Å². The number of aromatic amines is 1. The summed E-state index contributed by atoms with van der Waals surface area (Å²) in [5, 5.41) is 14.6. The normalized spacial score (nSPS) is 14.0. The zero-order valence-corrected chi connectivity index (χ0v) is 19.5. The van der Waals surface area contributed by atoms with E-state index in [4.69, 9.17) is 4.74 Å². The van der Waals surface area contributed by atoms with Crippen molar-refractivity contribution >= 4 is 18.0 Å². The molecule has 4 N–H and O–H groups in total. The van der Waals surface area contributed by atoms with Crippen molar-refractivity contribution in [2.24, 2.45) is 5.92 Å². The van der Waals surface area contributed by atoms with Crippen LogP contribution in [0.15, 0.2) is 61.1 Å². The van der Waals surface area contributed by atoms with Crippen LogP contribution >= 0.6 is 0 Å². The first-order chi connectivity index (χ1) is 16.8. The predicted octanol–water partition coefficient (Wildman–Crippen LogP) is 3.08. The maximum atomic E-state index is 12.9. The van der Waals surface area contributed by atoms with Crippen LogP contribution < -0.4 is 10.6 Å². The van der Waals surface area contributed by atoms with Gasteiger partial charge in [-0.15, -0.1) is 0 Å². The molecule has 0 radical (unpaired) electrons. The number of H-pyrrole nitrogens is 1. The van der Waals surface area contributed by atoms with E-state index in [0.29, 0.717) is 5.69 Å². The number of alkyl carbamates (subject to hydrolysis) is 1. The van der Waals surface area contributed by atoms with E-state index < -0.39 is 30.1 Å². The molecule has 9 nitrogen and oxygen atoms in total. The van der Waals surface area contributed by atoms with Crippen molar-refractivity contribution in [3.63, 3.8) is 0 Å². The van der Waals surface area contributed by atoms with Crippen LogP contribution in [0.3, 0.4) is 0 Å². The monoisotopic (exact) mass is 476 g/mol. The number of carbonyl (C=O) groups is 3. The fourth-order valence-corrected chi connectivity index (χ4v) is 4.38. The number of benzene rings is 2. The zero-order chi connectivity index (χ0) is 24.9. The van der Waals surface area contributed by atoms with Crippen LogP contribution in [0, 0.1) is 5.92 Å². The van der Waals surface area contributed by atoms with Crippen molar-refractivity contribution in [3.8, 4) is 11.1 Å². The molecule has 2 amide bonds. The average molecular weight is 477 g/mol. The minimum absolute atomic E-state index is 0.0385. The van der Waals surface area contributed by atoms with Gasteiger partial charge in [-0.2, -0.15) is 0 Å². The molecule has 1 heterocycles. The second-order valence-electron chi connectivity index (χ2n) is 8.87. The van der Waals surface area contributed by atoms with Crippen molar-refractivity contribution in [1.82, 2.24) is 20.6 Å². The molecule has 0 saturated carbocycles. The molecule has 4 rings (SSSR count). The van der Waals surface area contributed by atoms with Crippen LogP contribution in [0.5, 0.6) is 0 Å². The molecule has 0 bridgehead atoms. The highest BCUT2D eigenvalue weighted by atomic mass is 16.5. The van der Waals surface area contributed by atoms with Gasteiger partial charge in [0, 0.05) is 24.2 Å². The summed E-state index contributed by atoms with van der Waals surface area (Å²) in [5.74, 6) is -2.18. The van der Waals surface area contributed by atoms with Crippen molar-refractivity contribution in [1.29, 1.82) is 0 Å². The van der Waals surface area contributed by atoms with Crippen LogP contribution in [-0.4, -0.2) is 51.7 Å². The van der Waals surface area contributed by atoms with Gasteiger partial charge in [0.25, 0.3) is 0 Å². The quantitative estimate of drug-likeness (QED) is 0.375. The molecule has 2 atom stereocenters. The van der Waals surface area contributed by atoms with E-state index in [1.54, 1.807) is 13.8 Å². The number of aromatic nitrogens is 2. The number of carbonyl (C=O) groups excluding carboxylic acids is 2. The minimum Gasteiger partial charge on any atom is -0.480 e. The summed E-state index contributed by atoms with van der Waals surface area (Å²) in [4.78, 5) is 43.9. The lowest BCUT2D eigenvalue weighted by Gasteiger charge is -2.24. The van der Waals surface area contributed by atoms with E-state index in [2.05, 4.69) is 32.7 Å². The lowest BCUT2D eigenvalue weighted by Crippen LogP contribution is -2.54. The molecule has 0 fully saturated rings. The Bertz CT molecular complexity index is 1160. The molecule has 2 aromatic carbocycles. The fraction of sp³-hybridized carbons (Fsp3) is 0.308. The number of carboxylic acid groups (broad SMARTS) is 1. The number of fused-ring (bicyclic) bond motifs is 3. The number of hydrogen-bond donors (Lipinski definition) is 4. The van der Waals surface area contributed by atoms with Crippen LogP contribution in [0.4, 0.5) is 4.79 Å². The molecule has 0 saturated heterocycles. The predicted molar refractivity (Wildman–Crippen MR) is 129 cm³/mol. The highest BCUT2D eigenvalue weighted by molar-refractivity contribution is 5.89. The van der Waals surface area contributed by atoms with Crippen LogP contribution in [0.25, 0.3) is 11.1 Å². The zero-order valence-electron chi connectivity index (χ0n) is 19.5. The number of nitrogens with one attached hydrogen (secondary N) is 3. The van der Waals surface area contributed by atoms with Gasteiger partial charge in [-0.05, 0) is 28.2 Å². The van der Waals surface area contributed by atoms with E-state index >= 15 is 0 Å². The second-order valence-corrected chi connectivity index (χ2v) is 8.87. The van der Waals surface area contributed by atoms with Gasteiger partial charge in [-0.25, -0.2) is 14.6 Å². The maximum absolute atomic E-state index is 12.9. The number of hydrogen-bond acceptors (Lipinski definition) is 5. The average Bonchev–Trinajstić information content (AvgIpc) is 3.46. The molecule has 1 aliphatic rings. The van der Waals surface area contributed by atoms with E-state index in [9.17, 15) is 19.5 Å². The molecular formula is C26H28N4O5. The van der Waals surface area contributed by atoms with E-state index in [1.165, 1.54) is 12.5 Å². The third kappa shape index (κ3) is 5.34. The Balaban J connectivity index is 1.39. The molecule has 1 aliphatic carbocycles. The lowest BCUT2D eigenvalue weighted by atomic mass is 9.98. The summed E-state index contributed by atoms with van der Waals surface area (Å²) in [6, 6.07) is 13.9. The van der Waals surface area contributed by atoms with Crippen molar-refractivity contribution in [2.75, 3.05) is 6.61 Å². The van der Waals surface area contributed by atoms with Gasteiger partial charge in [-0.1, -0.05) is 62.4 Å². The lowest BCUT2D eigenvalue weighted by molar-refractivity contribution is -0.142. The Labute approximate surface area is 202 Å². The van der Waals surface area contributed by atoms with Gasteiger partial charge < -0.3 is 25.5 Å². The first-order valence-corrected chi connectivity index (χ1v) is 11.5. The number of aliphatic carboxylic acids is 1. The third-order valence-corrected chi connectivity index (χ3v) is 6.16. The Morgan fingerprint density at radius 2 is 1.66 bits per heavy atom. The molecule has 0 unspecified atom stereocenters. The molecular weight excluding hydrogens is 448 g/mol. The molecule has 35 heavy (non-hydrogen) atoms. The smallest absolute Gasteiger partial charge is 0.407 e. The van der Waals surface area contributed by atoms with Crippen LogP contribution in [0.2, 0.25) is 0 Å². The number of nitrogens with zero attached hydrogens (tertiary/aromatic N) is 1. The van der Waals surface area contributed by atoms with Crippen molar-refractivity contribution < 1.29 is 24.2 Å². The highest BCUT2D eigenvalue weighted by Gasteiger charge is 2.32. The third-order valence-electron chi connectivity index (χ3n) is 6.16. The standard InChI is InChI=1S/C26H28N4O5/c1-15(2)23(24(31)29-22(25(32)33)11-16-12-27-14-28-16)30-26(34)35-13-21-19-9-5-3-7-17(19)18-8-4-6-10-20(18)21/h3-10,12,14-15,21-23H,11,13H2,1-2H3,(H,27,28)(H,29,31)(H,30,34)(H,32,33)/t22-,23+/m0/s1. The summed E-state index contributed by atoms with van der Waals surface area (Å²) >= 11 is 0. The summed E-state index contributed by atoms with van der Waals surface area (Å²) < 4.78 is 5.55. The molecule has 3 aromatic rings. The van der Waals surface area contributed by atoms with Crippen LogP contribution in [-0.2, 0) is 20.7 Å². The number of rotatable bonds is 9. The minimum atomic E-state index is -1.18. The van der Waals surface area contributed by atoms with Gasteiger partial charge >= 0.3 is 12.1 Å². The van der Waals surface area contributed by atoms with E-state index in [0.717, 1.165) is 22.3 Å². The summed E-state index contributed by atoms with van der Waals surface area (Å²) in [5.41, 5.74) is 4.98. The molecule has 0 spiro atoms. The topological polar surface area (TPSA) is 133 Å². The maximum Gasteiger partial charge on any atom is 0.407 e. The van der Waals surface area contributed by atoms with Gasteiger partial charge in [0.15, 0.2) is 0 Å². The Hall–Kier alpha value is -4.14. The second kappa shape index (κ2) is 10.4.